The van der Waals surface area contributed by atoms with Gasteiger partial charge in [0.2, 0.25) is 0 Å². The summed E-state index contributed by atoms with van der Waals surface area (Å²) in [6, 6.07) is 5.49. The van der Waals surface area contributed by atoms with Crippen molar-refractivity contribution in [1.82, 2.24) is 9.78 Å². The molecule has 122 valence electrons. The number of fused-ring (bicyclic) bond motifs is 1. The predicted molar refractivity (Wildman–Crippen MR) is 88.8 cm³/mol. The average molecular weight is 331 g/mol. The molecule has 1 aromatic carbocycles. The standard InChI is InChI=1S/C17H21N3O2S/c21-23(22,17-8-7-14-3-1-2-4-15(14)9-17)19-16-10-18-20(12-16)11-13-5-6-13/h7-10,12-13,19H,1-6,11H2. The van der Waals surface area contributed by atoms with Gasteiger partial charge >= 0.3 is 0 Å². The monoisotopic (exact) mass is 331 g/mol. The van der Waals surface area contributed by atoms with Crippen molar-refractivity contribution < 1.29 is 8.42 Å². The zero-order valence-corrected chi connectivity index (χ0v) is 13.8. The summed E-state index contributed by atoms with van der Waals surface area (Å²) in [5.41, 5.74) is 2.99. The summed E-state index contributed by atoms with van der Waals surface area (Å²) in [4.78, 5) is 0.341. The summed E-state index contributed by atoms with van der Waals surface area (Å²) in [6.45, 7) is 0.876. The van der Waals surface area contributed by atoms with Crippen molar-refractivity contribution in [3.8, 4) is 0 Å². The highest BCUT2D eigenvalue weighted by Gasteiger charge is 2.23. The number of nitrogens with zero attached hydrogens (tertiary/aromatic N) is 2. The van der Waals surface area contributed by atoms with Crippen LogP contribution in [0.3, 0.4) is 0 Å². The maximum Gasteiger partial charge on any atom is 0.262 e. The second-order valence-corrected chi connectivity index (χ2v) is 8.32. The van der Waals surface area contributed by atoms with E-state index < -0.39 is 10.0 Å². The first kappa shape index (κ1) is 14.8. The largest absolute Gasteiger partial charge is 0.276 e. The number of rotatable bonds is 5. The molecule has 0 aliphatic heterocycles. The Morgan fingerprint density at radius 1 is 1.17 bits per heavy atom. The smallest absolute Gasteiger partial charge is 0.262 e. The predicted octanol–water partition coefficient (Wildman–Crippen LogP) is 2.97. The average Bonchev–Trinajstić information content (AvgIpc) is 3.25. The number of hydrogen-bond donors (Lipinski definition) is 1. The Hall–Kier alpha value is -1.82. The number of aryl methyl sites for hydroxylation is 2. The quantitative estimate of drug-likeness (QED) is 0.916. The van der Waals surface area contributed by atoms with Crippen LogP contribution >= 0.6 is 0 Å². The van der Waals surface area contributed by atoms with Crippen molar-refractivity contribution >= 4 is 15.7 Å². The first-order valence-corrected chi connectivity index (χ1v) is 9.75. The van der Waals surface area contributed by atoms with Gasteiger partial charge in [-0.3, -0.25) is 9.40 Å². The Morgan fingerprint density at radius 2 is 1.96 bits per heavy atom. The van der Waals surface area contributed by atoms with Gasteiger partial charge in [0.25, 0.3) is 10.0 Å². The Morgan fingerprint density at radius 3 is 2.74 bits per heavy atom. The molecule has 0 radical (unpaired) electrons. The fourth-order valence-electron chi connectivity index (χ4n) is 3.17. The number of sulfonamides is 1. The zero-order chi connectivity index (χ0) is 15.9. The molecule has 0 amide bonds. The molecule has 0 saturated heterocycles. The molecule has 1 N–H and O–H groups in total. The van der Waals surface area contributed by atoms with E-state index in [9.17, 15) is 8.42 Å². The number of aromatic nitrogens is 2. The van der Waals surface area contributed by atoms with Crippen LogP contribution in [-0.2, 0) is 29.4 Å². The van der Waals surface area contributed by atoms with Gasteiger partial charge in [-0.2, -0.15) is 5.10 Å². The molecule has 2 aliphatic rings. The molecule has 1 heterocycles. The summed E-state index contributed by atoms with van der Waals surface area (Å²) in [6.07, 6.45) is 10.2. The summed E-state index contributed by atoms with van der Waals surface area (Å²) in [7, 11) is -3.55. The lowest BCUT2D eigenvalue weighted by atomic mass is 9.92. The van der Waals surface area contributed by atoms with E-state index >= 15 is 0 Å². The lowest BCUT2D eigenvalue weighted by Crippen LogP contribution is -2.14. The van der Waals surface area contributed by atoms with Gasteiger partial charge in [0.1, 0.15) is 0 Å². The molecule has 4 rings (SSSR count). The van der Waals surface area contributed by atoms with Crippen molar-refractivity contribution in [2.45, 2.75) is 50.0 Å². The molecule has 1 fully saturated rings. The third-order valence-corrected chi connectivity index (χ3v) is 6.04. The number of benzene rings is 1. The minimum absolute atomic E-state index is 0.341. The van der Waals surface area contributed by atoms with Gasteiger partial charge in [-0.05, 0) is 67.7 Å². The van der Waals surface area contributed by atoms with E-state index in [2.05, 4.69) is 9.82 Å². The highest BCUT2D eigenvalue weighted by atomic mass is 32.2. The minimum Gasteiger partial charge on any atom is -0.276 e. The van der Waals surface area contributed by atoms with Crippen molar-refractivity contribution in [2.24, 2.45) is 5.92 Å². The summed E-state index contributed by atoms with van der Waals surface area (Å²) >= 11 is 0. The van der Waals surface area contributed by atoms with Gasteiger partial charge in [0, 0.05) is 12.7 Å². The molecule has 1 aromatic heterocycles. The third kappa shape index (κ3) is 3.27. The zero-order valence-electron chi connectivity index (χ0n) is 13.0. The topological polar surface area (TPSA) is 64.0 Å². The van der Waals surface area contributed by atoms with Crippen LogP contribution < -0.4 is 4.72 Å². The Bertz CT molecular complexity index is 822. The van der Waals surface area contributed by atoms with Crippen LogP contribution in [-0.4, -0.2) is 18.2 Å². The highest BCUT2D eigenvalue weighted by molar-refractivity contribution is 7.92. The van der Waals surface area contributed by atoms with Crippen molar-refractivity contribution in [3.63, 3.8) is 0 Å². The van der Waals surface area contributed by atoms with Gasteiger partial charge in [0.15, 0.2) is 0 Å². The van der Waals surface area contributed by atoms with E-state index in [4.69, 9.17) is 0 Å². The molecule has 0 unspecified atom stereocenters. The Labute approximate surface area is 136 Å². The van der Waals surface area contributed by atoms with Crippen LogP contribution in [0.25, 0.3) is 0 Å². The van der Waals surface area contributed by atoms with E-state index in [1.54, 1.807) is 18.5 Å². The molecule has 0 atom stereocenters. The van der Waals surface area contributed by atoms with Crippen LogP contribution in [0.1, 0.15) is 36.8 Å². The van der Waals surface area contributed by atoms with E-state index in [1.807, 2.05) is 16.8 Å². The molecular weight excluding hydrogens is 310 g/mol. The van der Waals surface area contributed by atoms with Crippen molar-refractivity contribution in [3.05, 3.63) is 41.7 Å². The van der Waals surface area contributed by atoms with Gasteiger partial charge in [-0.25, -0.2) is 8.42 Å². The summed E-state index contributed by atoms with van der Waals surface area (Å²) in [5.74, 6) is 0.708. The molecule has 0 spiro atoms. The Kier molecular flexibility index (Phi) is 3.64. The maximum atomic E-state index is 12.6. The molecular formula is C17H21N3O2S. The van der Waals surface area contributed by atoms with E-state index in [1.165, 1.54) is 30.4 Å². The van der Waals surface area contributed by atoms with Crippen molar-refractivity contribution in [2.75, 3.05) is 4.72 Å². The van der Waals surface area contributed by atoms with Gasteiger partial charge in [-0.1, -0.05) is 6.07 Å². The first-order valence-electron chi connectivity index (χ1n) is 8.27. The second kappa shape index (κ2) is 5.67. The lowest BCUT2D eigenvalue weighted by molar-refractivity contribution is 0.563. The fraction of sp³-hybridized carbons (Fsp3) is 0.471. The number of hydrogen-bond acceptors (Lipinski definition) is 3. The minimum atomic E-state index is -3.55. The lowest BCUT2D eigenvalue weighted by Gasteiger charge is -2.16. The second-order valence-electron chi connectivity index (χ2n) is 6.64. The number of nitrogens with one attached hydrogen (secondary N) is 1. The van der Waals surface area contributed by atoms with Crippen LogP contribution in [0.15, 0.2) is 35.5 Å². The van der Waals surface area contributed by atoms with Crippen molar-refractivity contribution in [1.29, 1.82) is 0 Å². The van der Waals surface area contributed by atoms with E-state index in [0.717, 1.165) is 25.8 Å². The highest BCUT2D eigenvalue weighted by Crippen LogP contribution is 2.30. The summed E-state index contributed by atoms with van der Waals surface area (Å²) < 4.78 is 29.6. The molecule has 2 aliphatic carbocycles. The number of anilines is 1. The fourth-order valence-corrected chi connectivity index (χ4v) is 4.25. The molecule has 5 nitrogen and oxygen atoms in total. The normalized spacial score (nSPS) is 17.7. The van der Waals surface area contributed by atoms with Gasteiger partial charge in [-0.15, -0.1) is 0 Å². The maximum absolute atomic E-state index is 12.6. The van der Waals surface area contributed by atoms with Crippen LogP contribution in [0.2, 0.25) is 0 Å². The molecule has 23 heavy (non-hydrogen) atoms. The van der Waals surface area contributed by atoms with Crippen LogP contribution in [0, 0.1) is 5.92 Å². The van der Waals surface area contributed by atoms with Crippen LogP contribution in [0.5, 0.6) is 0 Å². The van der Waals surface area contributed by atoms with E-state index in [0.29, 0.717) is 16.5 Å². The molecule has 2 aromatic rings. The van der Waals surface area contributed by atoms with Crippen LogP contribution in [0.4, 0.5) is 5.69 Å². The molecule has 6 heteroatoms. The summed E-state index contributed by atoms with van der Waals surface area (Å²) in [5, 5.41) is 4.23. The van der Waals surface area contributed by atoms with Gasteiger partial charge in [0.05, 0.1) is 16.8 Å². The SMILES string of the molecule is O=S(=O)(Nc1cnn(CC2CC2)c1)c1ccc2c(c1)CCCC2. The first-order chi connectivity index (χ1) is 11.1. The third-order valence-electron chi connectivity index (χ3n) is 4.66. The van der Waals surface area contributed by atoms with E-state index in [-0.39, 0.29) is 0 Å². The Balaban J connectivity index is 1.53. The molecule has 1 saturated carbocycles. The molecule has 0 bridgehead atoms. The van der Waals surface area contributed by atoms with Gasteiger partial charge < -0.3 is 0 Å².